The van der Waals surface area contributed by atoms with Gasteiger partial charge in [0.25, 0.3) is 5.91 Å². The minimum absolute atomic E-state index is 0. The van der Waals surface area contributed by atoms with Crippen molar-refractivity contribution < 1.29 is 9.90 Å². The molecule has 1 amide bonds. The highest BCUT2D eigenvalue weighted by Gasteiger charge is 2.23. The number of aromatic hydroxyl groups is 1. The molecule has 2 N–H and O–H groups in total. The van der Waals surface area contributed by atoms with E-state index < -0.39 is 0 Å². The van der Waals surface area contributed by atoms with E-state index in [-0.39, 0.29) is 30.1 Å². The van der Waals surface area contributed by atoms with Crippen LogP contribution in [0.3, 0.4) is 0 Å². The molecule has 0 aliphatic carbocycles. The highest BCUT2D eigenvalue weighted by Crippen LogP contribution is 2.15. The molecule has 1 saturated heterocycles. The Hall–Kier alpha value is -1.26. The molecular formula is C12H17ClN2O2. The molecule has 0 saturated carbocycles. The number of benzene rings is 1. The molecule has 1 aromatic carbocycles. The van der Waals surface area contributed by atoms with Crippen LogP contribution in [0.15, 0.2) is 24.3 Å². The molecule has 1 heterocycles. The first-order valence-corrected chi connectivity index (χ1v) is 5.45. The van der Waals surface area contributed by atoms with E-state index in [1.807, 2.05) is 7.05 Å². The third kappa shape index (κ3) is 3.11. The fraction of sp³-hybridized carbons (Fsp3) is 0.417. The Kier molecular flexibility index (Phi) is 4.78. The van der Waals surface area contributed by atoms with Crippen LogP contribution < -0.4 is 5.32 Å². The van der Waals surface area contributed by atoms with E-state index in [0.717, 1.165) is 19.5 Å². The molecule has 0 spiro atoms. The molecule has 1 aliphatic heterocycles. The molecule has 5 heteroatoms. The molecule has 0 bridgehead atoms. The monoisotopic (exact) mass is 256 g/mol. The second-order valence-electron chi connectivity index (χ2n) is 4.11. The number of hydrogen-bond donors (Lipinski definition) is 2. The number of nitrogens with one attached hydrogen (secondary N) is 1. The van der Waals surface area contributed by atoms with Crippen LogP contribution in [0.1, 0.15) is 16.8 Å². The van der Waals surface area contributed by atoms with E-state index in [1.165, 1.54) is 6.07 Å². The van der Waals surface area contributed by atoms with Gasteiger partial charge in [-0.2, -0.15) is 0 Å². The molecule has 1 aromatic rings. The summed E-state index contributed by atoms with van der Waals surface area (Å²) in [6.45, 7) is 1.81. The summed E-state index contributed by atoms with van der Waals surface area (Å²) >= 11 is 0. The molecular weight excluding hydrogens is 240 g/mol. The summed E-state index contributed by atoms with van der Waals surface area (Å²) in [5.74, 6) is 0.0911. The molecule has 1 aliphatic rings. The highest BCUT2D eigenvalue weighted by atomic mass is 35.5. The van der Waals surface area contributed by atoms with E-state index in [4.69, 9.17) is 0 Å². The fourth-order valence-electron chi connectivity index (χ4n) is 1.98. The number of amides is 1. The van der Waals surface area contributed by atoms with Gasteiger partial charge in [-0.3, -0.25) is 4.79 Å². The summed E-state index contributed by atoms with van der Waals surface area (Å²) in [5, 5.41) is 12.6. The van der Waals surface area contributed by atoms with Gasteiger partial charge in [-0.05, 0) is 31.2 Å². The Balaban J connectivity index is 0.00000144. The number of phenols is 1. The van der Waals surface area contributed by atoms with Gasteiger partial charge in [0.05, 0.1) is 0 Å². The topological polar surface area (TPSA) is 52.6 Å². The van der Waals surface area contributed by atoms with Gasteiger partial charge in [0.2, 0.25) is 0 Å². The van der Waals surface area contributed by atoms with Gasteiger partial charge in [0.1, 0.15) is 5.75 Å². The molecule has 4 nitrogen and oxygen atoms in total. The zero-order valence-corrected chi connectivity index (χ0v) is 10.5. The highest BCUT2D eigenvalue weighted by molar-refractivity contribution is 5.94. The maximum absolute atomic E-state index is 12.1. The second kappa shape index (κ2) is 5.89. The largest absolute Gasteiger partial charge is 0.508 e. The average Bonchev–Trinajstić information content (AvgIpc) is 2.80. The average molecular weight is 257 g/mol. The second-order valence-corrected chi connectivity index (χ2v) is 4.11. The molecule has 94 valence electrons. The third-order valence-corrected chi connectivity index (χ3v) is 3.00. The van der Waals surface area contributed by atoms with Crippen LogP contribution in [-0.4, -0.2) is 42.1 Å². The summed E-state index contributed by atoms with van der Waals surface area (Å²) in [6.07, 6.45) is 0.987. The summed E-state index contributed by atoms with van der Waals surface area (Å²) in [5.41, 5.74) is 0.536. The zero-order valence-electron chi connectivity index (χ0n) is 9.72. The predicted molar refractivity (Wildman–Crippen MR) is 68.7 cm³/mol. The lowest BCUT2D eigenvalue weighted by molar-refractivity contribution is 0.0743. The Morgan fingerprint density at radius 1 is 1.53 bits per heavy atom. The van der Waals surface area contributed by atoms with Crippen molar-refractivity contribution >= 4 is 18.3 Å². The summed E-state index contributed by atoms with van der Waals surface area (Å²) < 4.78 is 0. The Labute approximate surface area is 107 Å². The van der Waals surface area contributed by atoms with Crippen LogP contribution >= 0.6 is 12.4 Å². The molecule has 1 atom stereocenters. The number of carbonyl (C=O) groups is 1. The van der Waals surface area contributed by atoms with Crippen molar-refractivity contribution in [2.45, 2.75) is 12.5 Å². The maximum Gasteiger partial charge on any atom is 0.254 e. The minimum Gasteiger partial charge on any atom is -0.508 e. The maximum atomic E-state index is 12.1. The summed E-state index contributed by atoms with van der Waals surface area (Å²) in [4.78, 5) is 13.8. The normalized spacial score (nSPS) is 18.5. The van der Waals surface area contributed by atoms with E-state index in [9.17, 15) is 9.90 Å². The third-order valence-electron chi connectivity index (χ3n) is 3.00. The van der Waals surface area contributed by atoms with Gasteiger partial charge < -0.3 is 15.3 Å². The SMILES string of the molecule is CN(C(=O)c1cccc(O)c1)[C@@H]1CCNC1.Cl. The van der Waals surface area contributed by atoms with Gasteiger partial charge in [-0.1, -0.05) is 6.07 Å². The molecule has 0 radical (unpaired) electrons. The molecule has 0 aromatic heterocycles. The molecule has 1 fully saturated rings. The van der Waals surface area contributed by atoms with Crippen molar-refractivity contribution in [2.24, 2.45) is 0 Å². The first-order chi connectivity index (χ1) is 7.68. The van der Waals surface area contributed by atoms with Gasteiger partial charge in [-0.25, -0.2) is 0 Å². The molecule has 2 rings (SSSR count). The Morgan fingerprint density at radius 3 is 2.88 bits per heavy atom. The summed E-state index contributed by atoms with van der Waals surface area (Å²) in [7, 11) is 1.81. The lowest BCUT2D eigenvalue weighted by atomic mass is 10.1. The van der Waals surface area contributed by atoms with E-state index in [2.05, 4.69) is 5.32 Å². The number of halogens is 1. The number of phenolic OH excluding ortho intramolecular Hbond substituents is 1. The quantitative estimate of drug-likeness (QED) is 0.837. The standard InChI is InChI=1S/C12H16N2O2.ClH/c1-14(10-5-6-13-8-10)12(16)9-3-2-4-11(15)7-9;/h2-4,7,10,13,15H,5-6,8H2,1H3;1H/t10-;/m1./s1. The number of rotatable bonds is 2. The first-order valence-electron chi connectivity index (χ1n) is 5.45. The molecule has 0 unspecified atom stereocenters. The van der Waals surface area contributed by atoms with Gasteiger partial charge in [-0.15, -0.1) is 12.4 Å². The van der Waals surface area contributed by atoms with Crippen molar-refractivity contribution in [3.8, 4) is 5.75 Å². The van der Waals surface area contributed by atoms with Crippen molar-refractivity contribution in [2.75, 3.05) is 20.1 Å². The van der Waals surface area contributed by atoms with Crippen LogP contribution in [0.4, 0.5) is 0 Å². The first kappa shape index (κ1) is 13.8. The number of likely N-dealkylation sites (N-methyl/N-ethyl adjacent to an activating group) is 1. The zero-order chi connectivity index (χ0) is 11.5. The van der Waals surface area contributed by atoms with Gasteiger partial charge in [0, 0.05) is 25.2 Å². The van der Waals surface area contributed by atoms with Crippen LogP contribution in [0.25, 0.3) is 0 Å². The number of hydrogen-bond acceptors (Lipinski definition) is 3. The Bertz CT molecular complexity index is 392. The van der Waals surface area contributed by atoms with Crippen molar-refractivity contribution in [3.05, 3.63) is 29.8 Å². The van der Waals surface area contributed by atoms with Crippen LogP contribution in [0.5, 0.6) is 5.75 Å². The smallest absolute Gasteiger partial charge is 0.254 e. The predicted octanol–water partition coefficient (Wildman–Crippen LogP) is 1.25. The van der Waals surface area contributed by atoms with Crippen molar-refractivity contribution in [1.82, 2.24) is 10.2 Å². The van der Waals surface area contributed by atoms with Crippen molar-refractivity contribution in [3.63, 3.8) is 0 Å². The van der Waals surface area contributed by atoms with Crippen LogP contribution in [0, 0.1) is 0 Å². The number of nitrogens with zero attached hydrogens (tertiary/aromatic N) is 1. The Morgan fingerprint density at radius 2 is 2.29 bits per heavy atom. The van der Waals surface area contributed by atoms with Crippen molar-refractivity contribution in [1.29, 1.82) is 0 Å². The summed E-state index contributed by atoms with van der Waals surface area (Å²) in [6, 6.07) is 6.73. The fourth-order valence-corrected chi connectivity index (χ4v) is 1.98. The van der Waals surface area contributed by atoms with E-state index >= 15 is 0 Å². The lowest BCUT2D eigenvalue weighted by Crippen LogP contribution is -2.38. The minimum atomic E-state index is -0.0374. The molecule has 17 heavy (non-hydrogen) atoms. The van der Waals surface area contributed by atoms with Crippen LogP contribution in [0.2, 0.25) is 0 Å². The number of carbonyl (C=O) groups excluding carboxylic acids is 1. The lowest BCUT2D eigenvalue weighted by Gasteiger charge is -2.23. The van der Waals surface area contributed by atoms with Crippen LogP contribution in [-0.2, 0) is 0 Å². The van der Waals surface area contributed by atoms with Gasteiger partial charge >= 0.3 is 0 Å². The van der Waals surface area contributed by atoms with E-state index in [1.54, 1.807) is 23.1 Å². The van der Waals surface area contributed by atoms with Gasteiger partial charge in [0.15, 0.2) is 0 Å². The van der Waals surface area contributed by atoms with E-state index in [0.29, 0.717) is 5.56 Å².